The lowest BCUT2D eigenvalue weighted by Gasteiger charge is -2.17. The van der Waals surface area contributed by atoms with Crippen LogP contribution in [0.5, 0.6) is 0 Å². The summed E-state index contributed by atoms with van der Waals surface area (Å²) in [5.74, 6) is 0.782. The molecular weight excluding hydrogens is 222 g/mol. The summed E-state index contributed by atoms with van der Waals surface area (Å²) in [5.41, 5.74) is 3.24. The number of anilines is 1. The van der Waals surface area contributed by atoms with Crippen molar-refractivity contribution in [2.24, 2.45) is 0 Å². The minimum atomic E-state index is 0.0443. The maximum Gasteiger partial charge on any atom is 0.159 e. The van der Waals surface area contributed by atoms with Crippen LogP contribution < -0.4 is 5.32 Å². The van der Waals surface area contributed by atoms with Gasteiger partial charge in [-0.3, -0.25) is 0 Å². The van der Waals surface area contributed by atoms with Gasteiger partial charge in [0.2, 0.25) is 0 Å². The van der Waals surface area contributed by atoms with Crippen LogP contribution in [0.1, 0.15) is 26.5 Å². The van der Waals surface area contributed by atoms with Gasteiger partial charge in [0.15, 0.2) is 5.82 Å². The molecule has 0 amide bonds. The molecule has 2 aromatic rings. The molecule has 0 spiro atoms. The van der Waals surface area contributed by atoms with Crippen molar-refractivity contribution in [1.82, 2.24) is 9.97 Å². The second kappa shape index (κ2) is 4.77. The van der Waals surface area contributed by atoms with Crippen LogP contribution in [-0.4, -0.2) is 17.0 Å². The molecule has 0 bridgehead atoms. The quantitative estimate of drug-likeness (QED) is 0.874. The molecule has 18 heavy (non-hydrogen) atoms. The van der Waals surface area contributed by atoms with Crippen molar-refractivity contribution in [2.75, 3.05) is 12.4 Å². The lowest BCUT2D eigenvalue weighted by molar-refractivity contribution is 0.568. The predicted octanol–water partition coefficient (Wildman–Crippen LogP) is 3.48. The topological polar surface area (TPSA) is 37.8 Å². The van der Waals surface area contributed by atoms with E-state index < -0.39 is 0 Å². The fourth-order valence-electron chi connectivity index (χ4n) is 1.70. The minimum absolute atomic E-state index is 0.0443. The molecule has 0 saturated heterocycles. The first kappa shape index (κ1) is 12.6. The highest BCUT2D eigenvalue weighted by molar-refractivity contribution is 5.59. The van der Waals surface area contributed by atoms with E-state index in [0.29, 0.717) is 0 Å². The van der Waals surface area contributed by atoms with Gasteiger partial charge >= 0.3 is 0 Å². The van der Waals surface area contributed by atoms with Gasteiger partial charge in [0.1, 0.15) is 0 Å². The maximum absolute atomic E-state index is 4.64. The molecule has 3 nitrogen and oxygen atoms in total. The molecule has 0 unspecified atom stereocenters. The van der Waals surface area contributed by atoms with Gasteiger partial charge in [-0.15, -0.1) is 0 Å². The van der Waals surface area contributed by atoms with Crippen LogP contribution in [0.15, 0.2) is 36.5 Å². The number of benzene rings is 1. The van der Waals surface area contributed by atoms with Crippen molar-refractivity contribution in [3.05, 3.63) is 42.2 Å². The van der Waals surface area contributed by atoms with Crippen molar-refractivity contribution in [1.29, 1.82) is 0 Å². The van der Waals surface area contributed by atoms with E-state index in [-0.39, 0.29) is 5.41 Å². The Hall–Kier alpha value is -1.90. The zero-order valence-electron chi connectivity index (χ0n) is 11.4. The Morgan fingerprint density at radius 2 is 1.67 bits per heavy atom. The highest BCUT2D eigenvalue weighted by Gasteiger charge is 2.16. The van der Waals surface area contributed by atoms with Crippen molar-refractivity contribution in [3.63, 3.8) is 0 Å². The molecular formula is C15H19N3. The second-order valence-corrected chi connectivity index (χ2v) is 5.34. The van der Waals surface area contributed by atoms with Gasteiger partial charge in [0.25, 0.3) is 0 Å². The molecule has 3 heteroatoms. The second-order valence-electron chi connectivity index (χ2n) is 5.34. The summed E-state index contributed by atoms with van der Waals surface area (Å²) in [7, 11) is 1.91. The fourth-order valence-corrected chi connectivity index (χ4v) is 1.70. The van der Waals surface area contributed by atoms with E-state index in [1.807, 2.05) is 43.6 Å². The van der Waals surface area contributed by atoms with Crippen LogP contribution in [0, 0.1) is 0 Å². The fraction of sp³-hybridized carbons (Fsp3) is 0.333. The van der Waals surface area contributed by atoms with Gasteiger partial charge in [-0.05, 0) is 30.3 Å². The summed E-state index contributed by atoms with van der Waals surface area (Å²) in [6.07, 6.45) is 1.83. The lowest BCUT2D eigenvalue weighted by atomic mass is 9.92. The lowest BCUT2D eigenvalue weighted by Crippen LogP contribution is -2.14. The van der Waals surface area contributed by atoms with Crippen LogP contribution in [0.25, 0.3) is 11.4 Å². The number of rotatable bonds is 2. The van der Waals surface area contributed by atoms with Crippen LogP contribution >= 0.6 is 0 Å². The van der Waals surface area contributed by atoms with Crippen molar-refractivity contribution >= 4 is 5.69 Å². The van der Waals surface area contributed by atoms with Crippen LogP contribution in [0.4, 0.5) is 5.69 Å². The number of aromatic nitrogens is 2. The Bertz CT molecular complexity index is 524. The van der Waals surface area contributed by atoms with E-state index in [1.165, 1.54) is 0 Å². The molecule has 94 valence electrons. The summed E-state index contributed by atoms with van der Waals surface area (Å²) < 4.78 is 0. The zero-order valence-corrected chi connectivity index (χ0v) is 11.4. The van der Waals surface area contributed by atoms with Gasteiger partial charge in [0, 0.05) is 35.6 Å². The third kappa shape index (κ3) is 2.67. The van der Waals surface area contributed by atoms with E-state index in [1.54, 1.807) is 0 Å². The third-order valence-electron chi connectivity index (χ3n) is 2.86. The summed E-state index contributed by atoms with van der Waals surface area (Å²) in [6, 6.07) is 10.1. The number of hydrogen-bond donors (Lipinski definition) is 1. The van der Waals surface area contributed by atoms with Gasteiger partial charge in [0.05, 0.1) is 0 Å². The molecule has 0 fully saturated rings. The van der Waals surface area contributed by atoms with Gasteiger partial charge in [-0.1, -0.05) is 20.8 Å². The zero-order chi connectivity index (χ0) is 13.2. The molecule has 0 atom stereocenters. The van der Waals surface area contributed by atoms with E-state index in [2.05, 4.69) is 36.1 Å². The maximum atomic E-state index is 4.64. The number of hydrogen-bond acceptors (Lipinski definition) is 3. The van der Waals surface area contributed by atoms with Crippen molar-refractivity contribution < 1.29 is 0 Å². The van der Waals surface area contributed by atoms with Gasteiger partial charge in [-0.25, -0.2) is 9.97 Å². The largest absolute Gasteiger partial charge is 0.388 e. The first-order chi connectivity index (χ1) is 8.50. The molecule has 2 rings (SSSR count). The molecule has 0 saturated carbocycles. The summed E-state index contributed by atoms with van der Waals surface area (Å²) >= 11 is 0. The van der Waals surface area contributed by atoms with Crippen molar-refractivity contribution in [2.45, 2.75) is 26.2 Å². The summed E-state index contributed by atoms with van der Waals surface area (Å²) in [4.78, 5) is 8.99. The van der Waals surface area contributed by atoms with E-state index >= 15 is 0 Å². The average molecular weight is 241 g/mol. The molecule has 1 heterocycles. The van der Waals surface area contributed by atoms with Crippen LogP contribution in [0.3, 0.4) is 0 Å². The van der Waals surface area contributed by atoms with E-state index in [4.69, 9.17) is 0 Å². The monoisotopic (exact) mass is 241 g/mol. The number of nitrogens with zero attached hydrogens (tertiary/aromatic N) is 2. The van der Waals surface area contributed by atoms with Crippen LogP contribution in [-0.2, 0) is 5.41 Å². The third-order valence-corrected chi connectivity index (χ3v) is 2.86. The smallest absolute Gasteiger partial charge is 0.159 e. The van der Waals surface area contributed by atoms with E-state index in [0.717, 1.165) is 22.8 Å². The normalized spacial score (nSPS) is 11.3. The molecule has 1 N–H and O–H groups in total. The molecule has 0 aliphatic carbocycles. The van der Waals surface area contributed by atoms with E-state index in [9.17, 15) is 0 Å². The summed E-state index contributed by atoms with van der Waals surface area (Å²) in [6.45, 7) is 6.47. The Kier molecular flexibility index (Phi) is 3.32. The molecule has 1 aromatic heterocycles. The van der Waals surface area contributed by atoms with Gasteiger partial charge < -0.3 is 5.32 Å². The van der Waals surface area contributed by atoms with Crippen LogP contribution in [0.2, 0.25) is 0 Å². The molecule has 0 radical (unpaired) electrons. The van der Waals surface area contributed by atoms with Gasteiger partial charge in [-0.2, -0.15) is 0 Å². The SMILES string of the molecule is CNc1ccc(-c2nccc(C(C)(C)C)n2)cc1. The average Bonchev–Trinajstić information content (AvgIpc) is 2.38. The summed E-state index contributed by atoms with van der Waals surface area (Å²) in [5, 5.41) is 3.10. The Balaban J connectivity index is 2.38. The predicted molar refractivity (Wildman–Crippen MR) is 75.7 cm³/mol. The first-order valence-electron chi connectivity index (χ1n) is 6.12. The standard InChI is InChI=1S/C15H19N3/c1-15(2,3)13-9-10-17-14(18-13)11-5-7-12(16-4)8-6-11/h5-10,16H,1-4H3. The first-order valence-corrected chi connectivity index (χ1v) is 6.12. The molecule has 0 aliphatic rings. The molecule has 0 aliphatic heterocycles. The Morgan fingerprint density at radius 1 is 1.00 bits per heavy atom. The highest BCUT2D eigenvalue weighted by atomic mass is 14.9. The molecule has 1 aromatic carbocycles. The highest BCUT2D eigenvalue weighted by Crippen LogP contribution is 2.23. The Morgan fingerprint density at radius 3 is 2.22 bits per heavy atom. The van der Waals surface area contributed by atoms with Crippen molar-refractivity contribution in [3.8, 4) is 11.4 Å². The number of nitrogens with one attached hydrogen (secondary N) is 1. The minimum Gasteiger partial charge on any atom is -0.388 e. The Labute approximate surface area is 108 Å².